The van der Waals surface area contributed by atoms with Crippen LogP contribution in [-0.2, 0) is 12.8 Å². The van der Waals surface area contributed by atoms with Gasteiger partial charge in [-0.15, -0.1) is 9.63 Å². The number of hydrogen-bond acceptors (Lipinski definition) is 3. The predicted molar refractivity (Wildman–Crippen MR) is 84.8 cm³/mol. The van der Waals surface area contributed by atoms with Crippen LogP contribution in [0.4, 0.5) is 5.69 Å². The first-order valence-corrected chi connectivity index (χ1v) is 7.84. The monoisotopic (exact) mass is 328 g/mol. The molecule has 18 heavy (non-hydrogen) atoms. The summed E-state index contributed by atoms with van der Waals surface area (Å²) in [6.07, 6.45) is 1.95. The van der Waals surface area contributed by atoms with Crippen LogP contribution in [0, 0.1) is 0 Å². The molecule has 1 rings (SSSR count). The predicted octanol–water partition coefficient (Wildman–Crippen LogP) is 6.10. The summed E-state index contributed by atoms with van der Waals surface area (Å²) in [6, 6.07) is 4.27. The minimum atomic E-state index is 0.109. The molecule has 0 saturated carbocycles. The maximum Gasteiger partial charge on any atom is 0.0927 e. The van der Waals surface area contributed by atoms with E-state index in [2.05, 4.69) is 72.3 Å². The second kappa shape index (κ2) is 6.71. The van der Waals surface area contributed by atoms with E-state index in [1.165, 1.54) is 23.1 Å². The van der Waals surface area contributed by atoms with Gasteiger partial charge in [-0.1, -0.05) is 29.8 Å². The van der Waals surface area contributed by atoms with E-state index in [0.29, 0.717) is 0 Å². The lowest BCUT2D eigenvalue weighted by Crippen LogP contribution is -2.04. The summed E-state index contributed by atoms with van der Waals surface area (Å²) < 4.78 is 5.52. The highest BCUT2D eigenvalue weighted by Gasteiger charge is 2.11. The third kappa shape index (κ3) is 4.73. The summed E-state index contributed by atoms with van der Waals surface area (Å²) in [6.45, 7) is 10.7. The lowest BCUT2D eigenvalue weighted by Gasteiger charge is -2.12. The molecular formula is C14H21BrN2S. The molecule has 0 amide bonds. The van der Waals surface area contributed by atoms with Crippen molar-refractivity contribution < 1.29 is 0 Å². The molecule has 0 heterocycles. The number of rotatable bonds is 4. The first-order chi connectivity index (χ1) is 8.37. The zero-order valence-electron chi connectivity index (χ0n) is 11.7. The Kier molecular flexibility index (Phi) is 5.86. The van der Waals surface area contributed by atoms with Crippen LogP contribution < -0.4 is 0 Å². The van der Waals surface area contributed by atoms with Gasteiger partial charge in [-0.25, -0.2) is 0 Å². The second-order valence-electron chi connectivity index (χ2n) is 5.17. The van der Waals surface area contributed by atoms with Gasteiger partial charge in [0.05, 0.1) is 5.69 Å². The minimum Gasteiger partial charge on any atom is -0.143 e. The van der Waals surface area contributed by atoms with E-state index in [9.17, 15) is 0 Å². The highest BCUT2D eigenvalue weighted by atomic mass is 79.9. The SMILES string of the molecule is CCc1cc(Br)cc(CC)c1/N=N/SC(C)(C)C. The normalized spacial score (nSPS) is 12.3. The molecular weight excluding hydrogens is 308 g/mol. The van der Waals surface area contributed by atoms with Crippen LogP contribution >= 0.6 is 27.9 Å². The first-order valence-electron chi connectivity index (χ1n) is 6.28. The van der Waals surface area contributed by atoms with Gasteiger partial charge < -0.3 is 0 Å². The highest BCUT2D eigenvalue weighted by Crippen LogP contribution is 2.33. The molecule has 0 aromatic heterocycles. The molecule has 0 saturated heterocycles. The molecule has 0 radical (unpaired) electrons. The van der Waals surface area contributed by atoms with E-state index in [1.54, 1.807) is 0 Å². The molecule has 0 unspecified atom stereocenters. The van der Waals surface area contributed by atoms with E-state index in [-0.39, 0.29) is 4.75 Å². The highest BCUT2D eigenvalue weighted by molar-refractivity contribution is 9.10. The van der Waals surface area contributed by atoms with E-state index < -0.39 is 0 Å². The lowest BCUT2D eigenvalue weighted by atomic mass is 10.0. The first kappa shape index (κ1) is 15.7. The summed E-state index contributed by atoms with van der Waals surface area (Å²) in [5.74, 6) is 0. The van der Waals surface area contributed by atoms with Gasteiger partial charge in [0.2, 0.25) is 0 Å². The van der Waals surface area contributed by atoms with E-state index in [1.807, 2.05) is 0 Å². The lowest BCUT2D eigenvalue weighted by molar-refractivity contribution is 0.802. The third-order valence-corrected chi connectivity index (χ3v) is 3.62. The number of hydrogen-bond donors (Lipinski definition) is 0. The van der Waals surface area contributed by atoms with Gasteiger partial charge in [0, 0.05) is 21.2 Å². The van der Waals surface area contributed by atoms with Crippen molar-refractivity contribution in [3.05, 3.63) is 27.7 Å². The third-order valence-electron chi connectivity index (χ3n) is 2.45. The molecule has 0 atom stereocenters. The number of halogens is 1. The zero-order valence-corrected chi connectivity index (χ0v) is 14.2. The maximum absolute atomic E-state index is 4.44. The van der Waals surface area contributed by atoms with Gasteiger partial charge >= 0.3 is 0 Å². The summed E-state index contributed by atoms with van der Waals surface area (Å²) in [5, 5.41) is 4.44. The fourth-order valence-corrected chi connectivity index (χ4v) is 2.49. The van der Waals surface area contributed by atoms with Gasteiger partial charge in [-0.2, -0.15) is 0 Å². The van der Waals surface area contributed by atoms with Crippen LogP contribution in [0.1, 0.15) is 45.7 Å². The van der Waals surface area contributed by atoms with Gasteiger partial charge in [-0.05, 0) is 56.9 Å². The van der Waals surface area contributed by atoms with Crippen molar-refractivity contribution in [3.63, 3.8) is 0 Å². The summed E-state index contributed by atoms with van der Waals surface area (Å²) in [7, 11) is 0. The fourth-order valence-electron chi connectivity index (χ4n) is 1.57. The molecule has 1 aromatic rings. The summed E-state index contributed by atoms with van der Waals surface area (Å²) >= 11 is 5.07. The van der Waals surface area contributed by atoms with Crippen LogP contribution in [0.25, 0.3) is 0 Å². The maximum atomic E-state index is 4.44. The van der Waals surface area contributed by atoms with Crippen LogP contribution in [0.3, 0.4) is 0 Å². The van der Waals surface area contributed by atoms with Crippen LogP contribution in [0.5, 0.6) is 0 Å². The minimum absolute atomic E-state index is 0.109. The summed E-state index contributed by atoms with van der Waals surface area (Å²) in [4.78, 5) is 0. The molecule has 0 bridgehead atoms. The molecule has 4 heteroatoms. The topological polar surface area (TPSA) is 24.7 Å². The molecule has 2 nitrogen and oxygen atoms in total. The molecule has 0 spiro atoms. The molecule has 0 N–H and O–H groups in total. The Balaban J connectivity index is 3.06. The van der Waals surface area contributed by atoms with E-state index in [4.69, 9.17) is 0 Å². The number of benzene rings is 1. The molecule has 1 aromatic carbocycles. The fraction of sp³-hybridized carbons (Fsp3) is 0.571. The van der Waals surface area contributed by atoms with Crippen molar-refractivity contribution in [1.82, 2.24) is 0 Å². The Labute approximate surface area is 123 Å². The molecule has 0 aliphatic rings. The average molecular weight is 329 g/mol. The smallest absolute Gasteiger partial charge is 0.0927 e. The molecule has 0 aliphatic heterocycles. The van der Waals surface area contributed by atoms with Crippen molar-refractivity contribution >= 4 is 33.6 Å². The van der Waals surface area contributed by atoms with Crippen LogP contribution in [0.15, 0.2) is 26.2 Å². The van der Waals surface area contributed by atoms with Gasteiger partial charge in [0.25, 0.3) is 0 Å². The van der Waals surface area contributed by atoms with Gasteiger partial charge in [-0.3, -0.25) is 0 Å². The Morgan fingerprint density at radius 1 is 1.11 bits per heavy atom. The Hall–Kier alpha value is -0.350. The largest absolute Gasteiger partial charge is 0.143 e. The average Bonchev–Trinajstić information content (AvgIpc) is 2.28. The number of aryl methyl sites for hydroxylation is 2. The van der Waals surface area contributed by atoms with Gasteiger partial charge in [0.1, 0.15) is 0 Å². The molecule has 0 aliphatic carbocycles. The molecule has 0 fully saturated rings. The quantitative estimate of drug-likeness (QED) is 0.483. The van der Waals surface area contributed by atoms with Gasteiger partial charge in [0.15, 0.2) is 0 Å². The van der Waals surface area contributed by atoms with Crippen LogP contribution in [0.2, 0.25) is 0 Å². The summed E-state index contributed by atoms with van der Waals surface area (Å²) in [5.41, 5.74) is 3.54. The van der Waals surface area contributed by atoms with Crippen LogP contribution in [-0.4, -0.2) is 4.75 Å². The van der Waals surface area contributed by atoms with Crippen molar-refractivity contribution in [2.75, 3.05) is 0 Å². The second-order valence-corrected chi connectivity index (χ2v) is 7.65. The Morgan fingerprint density at radius 2 is 1.61 bits per heavy atom. The molecule has 100 valence electrons. The number of nitrogens with zero attached hydrogens (tertiary/aromatic N) is 2. The van der Waals surface area contributed by atoms with Crippen molar-refractivity contribution in [2.24, 2.45) is 9.63 Å². The van der Waals surface area contributed by atoms with Crippen molar-refractivity contribution in [1.29, 1.82) is 0 Å². The van der Waals surface area contributed by atoms with E-state index >= 15 is 0 Å². The zero-order chi connectivity index (χ0) is 13.8. The van der Waals surface area contributed by atoms with Crippen molar-refractivity contribution in [2.45, 2.75) is 52.2 Å². The standard InChI is InChI=1S/C14H21BrN2S/c1-6-10-8-12(15)9-11(7-2)13(10)16-17-18-14(3,4)5/h8-9H,6-7H2,1-5H3/b17-16+. The Bertz CT molecular complexity index is 411. The van der Waals surface area contributed by atoms with Crippen molar-refractivity contribution in [3.8, 4) is 0 Å². The Morgan fingerprint density at radius 3 is 2.00 bits per heavy atom. The van der Waals surface area contributed by atoms with E-state index in [0.717, 1.165) is 23.0 Å².